The molecule has 0 fully saturated rings. The summed E-state index contributed by atoms with van der Waals surface area (Å²) in [4.78, 5) is 9.81. The molecule has 2 nitrogen and oxygen atoms in total. The van der Waals surface area contributed by atoms with Crippen LogP contribution in [0.5, 0.6) is 0 Å². The van der Waals surface area contributed by atoms with E-state index in [9.17, 15) is 4.79 Å². The average molecular weight is 390 g/mol. The van der Waals surface area contributed by atoms with Crippen molar-refractivity contribution in [1.29, 1.82) is 0 Å². The molecule has 0 saturated carbocycles. The zero-order valence-electron chi connectivity index (χ0n) is 18.8. The summed E-state index contributed by atoms with van der Waals surface area (Å²) in [5.41, 5.74) is 7.70. The zero-order chi connectivity index (χ0) is 21.6. The van der Waals surface area contributed by atoms with Gasteiger partial charge >= 0.3 is 0 Å². The van der Waals surface area contributed by atoms with E-state index in [1.54, 1.807) is 6.92 Å². The van der Waals surface area contributed by atoms with Crippen LogP contribution in [0.4, 0.5) is 5.69 Å². The Balaban J connectivity index is 0.000000245. The fourth-order valence-corrected chi connectivity index (χ4v) is 2.37. The second-order valence-electron chi connectivity index (χ2n) is 7.18. The summed E-state index contributed by atoms with van der Waals surface area (Å²) < 4.78 is 0. The number of rotatable bonds is 4. The highest BCUT2D eigenvalue weighted by Gasteiger charge is 1.95. The number of benzene rings is 3. The summed E-state index contributed by atoms with van der Waals surface area (Å²) in [7, 11) is 0. The molecule has 0 aliphatic heterocycles. The largest absolute Gasteiger partial charge is 0.385 e. The summed E-state index contributed by atoms with van der Waals surface area (Å²) >= 11 is 0. The summed E-state index contributed by atoms with van der Waals surface area (Å²) in [6, 6.07) is 25.7. The smallest absolute Gasteiger partial charge is 0.129 e. The van der Waals surface area contributed by atoms with Crippen molar-refractivity contribution >= 4 is 11.5 Å². The van der Waals surface area contributed by atoms with Crippen molar-refractivity contribution in [2.24, 2.45) is 0 Å². The third-order valence-electron chi connectivity index (χ3n) is 4.37. The van der Waals surface area contributed by atoms with Crippen LogP contribution in [-0.2, 0) is 4.79 Å². The van der Waals surface area contributed by atoms with Crippen LogP contribution in [0.25, 0.3) is 11.1 Å². The van der Waals surface area contributed by atoms with Gasteiger partial charge in [-0.3, -0.25) is 0 Å². The molecular formula is C27H35NO. The van der Waals surface area contributed by atoms with E-state index in [0.29, 0.717) is 6.42 Å². The number of nitrogens with one attached hydrogen (secondary N) is 1. The van der Waals surface area contributed by atoms with Gasteiger partial charge in [-0.2, -0.15) is 0 Å². The van der Waals surface area contributed by atoms with Gasteiger partial charge in [0.2, 0.25) is 0 Å². The van der Waals surface area contributed by atoms with Gasteiger partial charge in [0.05, 0.1) is 0 Å². The molecular weight excluding hydrogens is 354 g/mol. The monoisotopic (exact) mass is 389 g/mol. The maximum atomic E-state index is 9.81. The minimum Gasteiger partial charge on any atom is -0.385 e. The van der Waals surface area contributed by atoms with Crippen molar-refractivity contribution in [3.05, 3.63) is 89.5 Å². The fourth-order valence-electron chi connectivity index (χ4n) is 2.37. The maximum Gasteiger partial charge on any atom is 0.129 e. The Hall–Kier alpha value is -2.87. The van der Waals surface area contributed by atoms with Crippen molar-refractivity contribution in [1.82, 2.24) is 0 Å². The van der Waals surface area contributed by atoms with Crippen molar-refractivity contribution in [2.45, 2.75) is 48.0 Å². The van der Waals surface area contributed by atoms with E-state index in [-0.39, 0.29) is 5.78 Å². The van der Waals surface area contributed by atoms with Gasteiger partial charge in [-0.1, -0.05) is 84.3 Å². The van der Waals surface area contributed by atoms with Crippen LogP contribution < -0.4 is 5.32 Å². The summed E-state index contributed by atoms with van der Waals surface area (Å²) in [5, 5.41) is 3.23. The second-order valence-corrected chi connectivity index (χ2v) is 7.18. The fraction of sp³-hybridized carbons (Fsp3) is 0.296. The number of hydrogen-bond acceptors (Lipinski definition) is 2. The first-order valence-corrected chi connectivity index (χ1v) is 10.3. The molecule has 0 spiro atoms. The predicted octanol–water partition coefficient (Wildman–Crippen LogP) is 7.38. The highest BCUT2D eigenvalue weighted by Crippen LogP contribution is 2.19. The van der Waals surface area contributed by atoms with Crippen molar-refractivity contribution < 1.29 is 4.79 Å². The number of Topliss-reactive ketones (excluding diaryl/α,β-unsaturated/α-hetero) is 1. The van der Waals surface area contributed by atoms with Gasteiger partial charge in [0.25, 0.3) is 0 Å². The van der Waals surface area contributed by atoms with Crippen LogP contribution in [0.15, 0.2) is 72.8 Å². The van der Waals surface area contributed by atoms with Gasteiger partial charge in [-0.05, 0) is 57.9 Å². The highest BCUT2D eigenvalue weighted by molar-refractivity contribution is 5.74. The Morgan fingerprint density at radius 1 is 0.655 bits per heavy atom. The van der Waals surface area contributed by atoms with E-state index >= 15 is 0 Å². The molecule has 0 heterocycles. The number of hydrogen-bond donors (Lipinski definition) is 1. The third-order valence-corrected chi connectivity index (χ3v) is 4.37. The lowest BCUT2D eigenvalue weighted by Crippen LogP contribution is -1.95. The Morgan fingerprint density at radius 3 is 1.24 bits per heavy atom. The normalized spacial score (nSPS) is 9.45. The molecule has 1 N–H and O–H groups in total. The highest BCUT2D eigenvalue weighted by atomic mass is 16.1. The lowest BCUT2D eigenvalue weighted by molar-refractivity contribution is -0.116. The SMILES string of the molecule is CCC(C)=O.CCNc1ccc(C)cc1.Cc1ccc(-c2ccc(C)cc2)cc1. The first-order valence-electron chi connectivity index (χ1n) is 10.3. The van der Waals surface area contributed by atoms with E-state index < -0.39 is 0 Å². The third kappa shape index (κ3) is 10.3. The molecule has 0 bridgehead atoms. The summed E-state index contributed by atoms with van der Waals surface area (Å²) in [6.45, 7) is 12.8. The van der Waals surface area contributed by atoms with E-state index in [1.807, 2.05) is 6.92 Å². The minimum atomic E-state index is 0.255. The maximum absolute atomic E-state index is 9.81. The second kappa shape index (κ2) is 13.3. The number of carbonyl (C=O) groups is 1. The minimum absolute atomic E-state index is 0.255. The van der Waals surface area contributed by atoms with E-state index in [4.69, 9.17) is 0 Å². The van der Waals surface area contributed by atoms with Gasteiger partial charge in [0.15, 0.2) is 0 Å². The van der Waals surface area contributed by atoms with Crippen LogP contribution in [0.2, 0.25) is 0 Å². The van der Waals surface area contributed by atoms with Gasteiger partial charge in [0, 0.05) is 18.7 Å². The van der Waals surface area contributed by atoms with E-state index in [1.165, 1.54) is 33.5 Å². The molecule has 0 unspecified atom stereocenters. The molecule has 0 aliphatic rings. The quantitative estimate of drug-likeness (QED) is 0.504. The standard InChI is InChI=1S/C14H14.C9H13N.C4H8O/c1-11-3-7-13(8-4-11)14-9-5-12(2)6-10-14;1-3-10-9-6-4-8(2)5-7-9;1-3-4(2)5/h3-10H,1-2H3;4-7,10H,3H2,1-2H3;3H2,1-2H3. The lowest BCUT2D eigenvalue weighted by atomic mass is 10.0. The Bertz CT molecular complexity index is 788. The molecule has 0 saturated heterocycles. The number of carbonyl (C=O) groups excluding carboxylic acids is 1. The van der Waals surface area contributed by atoms with Crippen molar-refractivity contribution in [3.8, 4) is 11.1 Å². The topological polar surface area (TPSA) is 29.1 Å². The van der Waals surface area contributed by atoms with E-state index in [0.717, 1.165) is 6.54 Å². The Kier molecular flexibility index (Phi) is 11.1. The Labute approximate surface area is 177 Å². The molecule has 29 heavy (non-hydrogen) atoms. The molecule has 0 aliphatic carbocycles. The van der Waals surface area contributed by atoms with Gasteiger partial charge in [-0.25, -0.2) is 0 Å². The predicted molar refractivity (Wildman–Crippen MR) is 128 cm³/mol. The van der Waals surface area contributed by atoms with Crippen LogP contribution in [0.1, 0.15) is 43.9 Å². The van der Waals surface area contributed by atoms with Gasteiger partial charge in [-0.15, -0.1) is 0 Å². The molecule has 3 rings (SSSR count). The summed E-state index contributed by atoms with van der Waals surface area (Å²) in [5.74, 6) is 0.255. The molecule has 3 aromatic carbocycles. The lowest BCUT2D eigenvalue weighted by Gasteiger charge is -2.02. The first-order chi connectivity index (χ1) is 13.8. The van der Waals surface area contributed by atoms with Crippen LogP contribution in [0.3, 0.4) is 0 Å². The molecule has 0 atom stereocenters. The molecule has 2 heteroatoms. The van der Waals surface area contributed by atoms with Crippen LogP contribution in [-0.4, -0.2) is 12.3 Å². The molecule has 154 valence electrons. The van der Waals surface area contributed by atoms with Crippen LogP contribution >= 0.6 is 0 Å². The molecule has 0 radical (unpaired) electrons. The number of aryl methyl sites for hydroxylation is 3. The zero-order valence-corrected chi connectivity index (χ0v) is 18.8. The molecule has 3 aromatic rings. The molecule has 0 amide bonds. The van der Waals surface area contributed by atoms with E-state index in [2.05, 4.69) is 106 Å². The Morgan fingerprint density at radius 2 is 0.966 bits per heavy atom. The summed E-state index contributed by atoms with van der Waals surface area (Å²) in [6.07, 6.45) is 0.667. The van der Waals surface area contributed by atoms with Crippen LogP contribution in [0, 0.1) is 20.8 Å². The van der Waals surface area contributed by atoms with Gasteiger partial charge < -0.3 is 10.1 Å². The first kappa shape index (κ1) is 24.2. The van der Waals surface area contributed by atoms with Crippen molar-refractivity contribution in [3.63, 3.8) is 0 Å². The average Bonchev–Trinajstić information content (AvgIpc) is 2.72. The number of ketones is 1. The molecule has 0 aromatic heterocycles. The number of anilines is 1. The van der Waals surface area contributed by atoms with Gasteiger partial charge in [0.1, 0.15) is 5.78 Å². The van der Waals surface area contributed by atoms with Crippen molar-refractivity contribution in [2.75, 3.05) is 11.9 Å².